The maximum absolute atomic E-state index is 13.1. The molecule has 4 N–H and O–H groups in total. The van der Waals surface area contributed by atoms with Crippen molar-refractivity contribution in [2.75, 3.05) is 39.6 Å². The summed E-state index contributed by atoms with van der Waals surface area (Å²) in [6, 6.07) is 0. The summed E-state index contributed by atoms with van der Waals surface area (Å²) in [5.74, 6) is -1.59. The van der Waals surface area contributed by atoms with Crippen molar-refractivity contribution in [3.8, 4) is 0 Å². The molecule has 658 valence electrons. The largest absolute Gasteiger partial charge is 0.472 e. The van der Waals surface area contributed by atoms with Crippen molar-refractivity contribution in [2.45, 2.75) is 386 Å². The number of unbranched alkanes of at least 4 members (excludes halogenated alkanes) is 34. The van der Waals surface area contributed by atoms with Crippen LogP contribution in [-0.2, 0) is 55.8 Å². The number of phosphoric acid groups is 2. The van der Waals surface area contributed by atoms with Gasteiger partial charge in [-0.2, -0.15) is 0 Å². The molecule has 0 rings (SSSR count). The van der Waals surface area contributed by atoms with Crippen LogP contribution in [0.1, 0.15) is 367 Å². The third-order valence-electron chi connectivity index (χ3n) is 18.9. The van der Waals surface area contributed by atoms with Crippen LogP contribution in [-0.4, -0.2) is 95.9 Å². The van der Waals surface area contributed by atoms with E-state index in [4.69, 9.17) is 32.3 Å². The van der Waals surface area contributed by atoms with Gasteiger partial charge in [-0.1, -0.05) is 364 Å². The van der Waals surface area contributed by atoms with E-state index in [-0.39, 0.29) is 19.3 Å². The second kappa shape index (κ2) is 88.2. The number of rotatable bonds is 85. The number of aliphatic hydroxyl groups excluding tert-OH is 2. The Kier molecular flexibility index (Phi) is 84.3. The monoisotopic (exact) mass is 1650 g/mol. The summed E-state index contributed by atoms with van der Waals surface area (Å²) in [6.45, 7) is 2.45. The predicted molar refractivity (Wildman–Crippen MR) is 482 cm³/mol. The lowest BCUT2D eigenvalue weighted by Crippen LogP contribution is -2.30. The molecule has 0 aromatic heterocycles. The van der Waals surface area contributed by atoms with E-state index in [2.05, 4.69) is 191 Å². The Bertz CT molecular complexity index is 2770. The highest BCUT2D eigenvalue weighted by Crippen LogP contribution is 2.45. The fourth-order valence-electron chi connectivity index (χ4n) is 12.1. The van der Waals surface area contributed by atoms with Gasteiger partial charge < -0.3 is 34.2 Å². The first kappa shape index (κ1) is 110. The van der Waals surface area contributed by atoms with Crippen LogP contribution in [0.25, 0.3) is 0 Å². The second-order valence-electron chi connectivity index (χ2n) is 30.0. The molecule has 0 saturated carbocycles. The van der Waals surface area contributed by atoms with Crippen LogP contribution in [0.2, 0.25) is 0 Å². The third kappa shape index (κ3) is 89.5. The van der Waals surface area contributed by atoms with Gasteiger partial charge in [0.15, 0.2) is 6.10 Å². The van der Waals surface area contributed by atoms with Gasteiger partial charge in [-0.05, 0) is 154 Å². The lowest BCUT2D eigenvalue weighted by Gasteiger charge is -2.21. The average Bonchev–Trinajstić information content (AvgIpc) is 0.926. The Labute approximate surface area is 701 Å². The maximum Gasteiger partial charge on any atom is 0.472 e. The molecule has 0 aliphatic carbocycles. The summed E-state index contributed by atoms with van der Waals surface area (Å²) < 4.78 is 61.5. The van der Waals surface area contributed by atoms with E-state index >= 15 is 0 Å². The summed E-state index contributed by atoms with van der Waals surface area (Å²) in [4.78, 5) is 59.0. The zero-order valence-electron chi connectivity index (χ0n) is 72.4. The molecule has 0 aliphatic heterocycles. The number of ether oxygens (including phenoxy) is 3. The van der Waals surface area contributed by atoms with Crippen molar-refractivity contribution in [1.82, 2.24) is 0 Å². The van der Waals surface area contributed by atoms with Crippen molar-refractivity contribution in [1.29, 1.82) is 0 Å². The highest BCUT2D eigenvalue weighted by Gasteiger charge is 2.29. The molecular formula is C97H164O16P2. The minimum Gasteiger partial charge on any atom is -0.463 e. The van der Waals surface area contributed by atoms with E-state index in [1.165, 1.54) is 135 Å². The predicted octanol–water partition coefficient (Wildman–Crippen LogP) is 27.9. The molecule has 18 heteroatoms. The van der Waals surface area contributed by atoms with Gasteiger partial charge in [-0.15, -0.1) is 0 Å². The first-order chi connectivity index (χ1) is 56.2. The molecule has 115 heavy (non-hydrogen) atoms. The van der Waals surface area contributed by atoms with Gasteiger partial charge >= 0.3 is 33.6 Å². The molecule has 0 radical (unpaired) electrons. The number of aliphatic hydroxyl groups is 2. The van der Waals surface area contributed by atoms with E-state index in [1.54, 1.807) is 0 Å². The number of carbonyl (C=O) groups excluding carboxylic acids is 3. The highest BCUT2D eigenvalue weighted by molar-refractivity contribution is 7.47. The lowest BCUT2D eigenvalue weighted by atomic mass is 10.0. The number of esters is 3. The molecule has 0 bridgehead atoms. The Morgan fingerprint density at radius 2 is 0.461 bits per heavy atom. The topological polar surface area (TPSA) is 231 Å². The number of allylic oxidation sites excluding steroid dienone is 28. The zero-order valence-corrected chi connectivity index (χ0v) is 74.2. The summed E-state index contributed by atoms with van der Waals surface area (Å²) in [7, 11) is -9.82. The van der Waals surface area contributed by atoms with E-state index in [0.29, 0.717) is 19.3 Å². The van der Waals surface area contributed by atoms with Crippen LogP contribution in [0, 0.1) is 0 Å². The van der Waals surface area contributed by atoms with E-state index < -0.39 is 91.5 Å². The molecule has 0 fully saturated rings. The van der Waals surface area contributed by atoms with E-state index in [0.717, 1.165) is 173 Å². The van der Waals surface area contributed by atoms with Gasteiger partial charge in [0, 0.05) is 19.3 Å². The quantitative estimate of drug-likeness (QED) is 0.0146. The SMILES string of the molecule is CC/C=C\C/C=C\C/C=C\C/C=C\C/C=C\CCCCCCCCCCCC(=O)OCC(COP(=O)(O)OCC(O)COP(=O)(O)OCC(O)COC(=O)CCCCCCCCCCCCCCC/C=C\C/C=C\C/C=C\C/C=C\CCCCC)OC(=O)CCCCCCCCCCC/C=C\C/C=C\C/C=C\C/C=C\C/C=C\CC. The summed E-state index contributed by atoms with van der Waals surface area (Å²) in [5.41, 5.74) is 0. The maximum atomic E-state index is 13.1. The molecule has 0 spiro atoms. The Morgan fingerprint density at radius 1 is 0.252 bits per heavy atom. The van der Waals surface area contributed by atoms with Crippen LogP contribution in [0.3, 0.4) is 0 Å². The normalized spacial score (nSPS) is 14.6. The molecule has 0 aromatic carbocycles. The fraction of sp³-hybridized carbons (Fsp3) is 0.680. The highest BCUT2D eigenvalue weighted by atomic mass is 31.2. The van der Waals surface area contributed by atoms with Crippen LogP contribution in [0.5, 0.6) is 0 Å². The van der Waals surface area contributed by atoms with Gasteiger partial charge in [0.1, 0.15) is 25.4 Å². The fourth-order valence-corrected chi connectivity index (χ4v) is 13.7. The number of phosphoric ester groups is 2. The first-order valence-electron chi connectivity index (χ1n) is 45.4. The number of hydrogen-bond acceptors (Lipinski definition) is 14. The Hall–Kier alpha value is -5.09. The summed E-state index contributed by atoms with van der Waals surface area (Å²) in [5, 5.41) is 20.7. The molecule has 5 atom stereocenters. The summed E-state index contributed by atoms with van der Waals surface area (Å²) >= 11 is 0. The van der Waals surface area contributed by atoms with Crippen LogP contribution < -0.4 is 0 Å². The smallest absolute Gasteiger partial charge is 0.463 e. The van der Waals surface area contributed by atoms with Crippen molar-refractivity contribution < 1.29 is 75.8 Å². The first-order valence-corrected chi connectivity index (χ1v) is 48.4. The van der Waals surface area contributed by atoms with Gasteiger partial charge in [-0.3, -0.25) is 32.5 Å². The average molecular weight is 1650 g/mol. The lowest BCUT2D eigenvalue weighted by molar-refractivity contribution is -0.161. The van der Waals surface area contributed by atoms with E-state index in [9.17, 15) is 43.5 Å². The molecule has 0 amide bonds. The minimum absolute atomic E-state index is 0.0902. The molecular weight excluding hydrogens is 1480 g/mol. The standard InChI is InChI=1S/C97H164O16P2/c1-4-7-10-13-16-19-22-25-28-31-34-37-40-43-44-45-46-49-51-53-56-59-62-65-68-71-74-77-80-83-95(100)107-86-92(98)87-109-114(103,104)110-88-93(99)89-111-115(105,106)112-91-94(113-97(102)85-82-79-76-73-70-67-64-61-58-55-52-48-42-39-36-33-30-27-24-21-18-15-12-9-6-3)90-108-96(101)84-81-78-75-72-69-66-63-60-57-54-50-47-41-38-35-32-29-26-23-20-17-14-11-8-5-2/h8-9,11-12,16-21,25-30,34-39,43-44,47-48,50,52,92-94,98-99H,4-7,10,13-15,22-24,31-33,40-42,45-46,49,51,53-91H2,1-3H3,(H,103,104)(H,105,106)/b11-8-,12-9-,19-16-,20-17-,21-18-,28-25-,29-26-,30-27-,37-34-,38-35-,39-36-,44-43-,50-47-,52-48-. The van der Waals surface area contributed by atoms with Gasteiger partial charge in [0.2, 0.25) is 0 Å². The third-order valence-corrected chi connectivity index (χ3v) is 20.8. The molecule has 5 unspecified atom stereocenters. The van der Waals surface area contributed by atoms with E-state index in [1.807, 2.05) is 0 Å². The molecule has 0 aromatic rings. The van der Waals surface area contributed by atoms with Crippen LogP contribution >= 0.6 is 15.6 Å². The van der Waals surface area contributed by atoms with Crippen molar-refractivity contribution >= 4 is 33.6 Å². The van der Waals surface area contributed by atoms with Crippen LogP contribution in [0.15, 0.2) is 170 Å². The van der Waals surface area contributed by atoms with Crippen LogP contribution in [0.4, 0.5) is 0 Å². The molecule has 0 aliphatic rings. The number of carbonyl (C=O) groups is 3. The van der Waals surface area contributed by atoms with Crippen molar-refractivity contribution in [3.63, 3.8) is 0 Å². The van der Waals surface area contributed by atoms with Crippen molar-refractivity contribution in [3.05, 3.63) is 170 Å². The van der Waals surface area contributed by atoms with Crippen molar-refractivity contribution in [2.24, 2.45) is 0 Å². The minimum atomic E-state index is -4.95. The van der Waals surface area contributed by atoms with Gasteiger partial charge in [-0.25, -0.2) is 9.13 Å². The molecule has 0 heterocycles. The Morgan fingerprint density at radius 3 is 0.730 bits per heavy atom. The molecule has 16 nitrogen and oxygen atoms in total. The molecule has 0 saturated heterocycles. The number of hydrogen-bond donors (Lipinski definition) is 4. The van der Waals surface area contributed by atoms with Gasteiger partial charge in [0.05, 0.1) is 26.4 Å². The second-order valence-corrected chi connectivity index (χ2v) is 32.9. The summed E-state index contributed by atoms with van der Waals surface area (Å²) in [6.07, 6.45) is 114. The zero-order chi connectivity index (χ0) is 83.6. The Balaban J connectivity index is 4.66. The van der Waals surface area contributed by atoms with Gasteiger partial charge in [0.25, 0.3) is 0 Å².